The van der Waals surface area contributed by atoms with Crippen molar-refractivity contribution in [2.24, 2.45) is 0 Å². The highest BCUT2D eigenvalue weighted by molar-refractivity contribution is 6.35. The molecule has 1 atom stereocenters. The van der Waals surface area contributed by atoms with Crippen LogP contribution < -0.4 is 10.1 Å². The van der Waals surface area contributed by atoms with Gasteiger partial charge in [0.25, 0.3) is 5.91 Å². The highest BCUT2D eigenvalue weighted by atomic mass is 35.5. The molecule has 3 nitrogen and oxygen atoms in total. The van der Waals surface area contributed by atoms with Gasteiger partial charge in [0.2, 0.25) is 0 Å². The maximum atomic E-state index is 12.1. The number of benzene rings is 2. The monoisotopic (exact) mass is 323 g/mol. The van der Waals surface area contributed by atoms with Crippen LogP contribution in [0, 0.1) is 6.92 Å². The summed E-state index contributed by atoms with van der Waals surface area (Å²) in [6.07, 6.45) is -0.635. The van der Waals surface area contributed by atoms with Gasteiger partial charge in [0, 0.05) is 15.7 Å². The molecule has 0 heterocycles. The number of carbonyl (C=O) groups is 1. The third kappa shape index (κ3) is 4.38. The first-order chi connectivity index (χ1) is 9.95. The largest absolute Gasteiger partial charge is 0.481 e. The van der Waals surface area contributed by atoms with Crippen molar-refractivity contribution in [3.8, 4) is 5.75 Å². The van der Waals surface area contributed by atoms with Crippen LogP contribution >= 0.6 is 23.2 Å². The van der Waals surface area contributed by atoms with Crippen molar-refractivity contribution in [1.82, 2.24) is 0 Å². The van der Waals surface area contributed by atoms with E-state index in [9.17, 15) is 4.79 Å². The van der Waals surface area contributed by atoms with Crippen LogP contribution in [0.2, 0.25) is 10.0 Å². The van der Waals surface area contributed by atoms with E-state index in [4.69, 9.17) is 27.9 Å². The molecule has 0 fully saturated rings. The van der Waals surface area contributed by atoms with E-state index >= 15 is 0 Å². The quantitative estimate of drug-likeness (QED) is 0.885. The summed E-state index contributed by atoms with van der Waals surface area (Å²) in [6, 6.07) is 12.4. The number of ether oxygens (including phenoxy) is 1. The Morgan fingerprint density at radius 3 is 2.38 bits per heavy atom. The molecule has 2 aromatic carbocycles. The molecule has 0 saturated heterocycles. The van der Waals surface area contributed by atoms with E-state index < -0.39 is 6.10 Å². The molecule has 0 radical (unpaired) electrons. The predicted octanol–water partition coefficient (Wildman–Crippen LogP) is 4.71. The number of anilines is 1. The summed E-state index contributed by atoms with van der Waals surface area (Å²) in [7, 11) is 0. The minimum absolute atomic E-state index is 0.267. The minimum Gasteiger partial charge on any atom is -0.481 e. The summed E-state index contributed by atoms with van der Waals surface area (Å²) in [5.41, 5.74) is 1.51. The van der Waals surface area contributed by atoms with Gasteiger partial charge in [0.1, 0.15) is 5.75 Å². The van der Waals surface area contributed by atoms with E-state index in [0.717, 1.165) is 5.56 Å². The number of para-hydroxylation sites is 1. The number of carbonyl (C=O) groups excluding carboxylic acids is 1. The van der Waals surface area contributed by atoms with Gasteiger partial charge in [-0.1, -0.05) is 41.4 Å². The molecule has 110 valence electrons. The Morgan fingerprint density at radius 2 is 1.76 bits per heavy atom. The van der Waals surface area contributed by atoms with E-state index in [0.29, 0.717) is 21.5 Å². The molecule has 0 aromatic heterocycles. The zero-order valence-corrected chi connectivity index (χ0v) is 13.2. The lowest BCUT2D eigenvalue weighted by atomic mass is 10.2. The fourth-order valence-electron chi connectivity index (χ4n) is 1.80. The highest BCUT2D eigenvalue weighted by Gasteiger charge is 2.16. The smallest absolute Gasteiger partial charge is 0.265 e. The van der Waals surface area contributed by atoms with Gasteiger partial charge < -0.3 is 10.1 Å². The molecule has 5 heteroatoms. The lowest BCUT2D eigenvalue weighted by molar-refractivity contribution is -0.122. The number of rotatable bonds is 4. The molecule has 0 aliphatic carbocycles. The zero-order chi connectivity index (χ0) is 15.4. The van der Waals surface area contributed by atoms with E-state index in [1.54, 1.807) is 25.1 Å². The number of halogens is 2. The van der Waals surface area contributed by atoms with Crippen LogP contribution in [0.25, 0.3) is 0 Å². The maximum absolute atomic E-state index is 12.1. The van der Waals surface area contributed by atoms with Crippen LogP contribution in [-0.2, 0) is 4.79 Å². The lowest BCUT2D eigenvalue weighted by Gasteiger charge is -2.16. The molecule has 0 saturated carbocycles. The number of hydrogen-bond donors (Lipinski definition) is 1. The molecule has 21 heavy (non-hydrogen) atoms. The van der Waals surface area contributed by atoms with Gasteiger partial charge in [0.15, 0.2) is 6.10 Å². The topological polar surface area (TPSA) is 38.3 Å². The zero-order valence-electron chi connectivity index (χ0n) is 11.7. The molecular formula is C16H15Cl2NO2. The fourth-order valence-corrected chi connectivity index (χ4v) is 2.33. The van der Waals surface area contributed by atoms with E-state index in [-0.39, 0.29) is 5.91 Å². The fraction of sp³-hybridized carbons (Fsp3) is 0.188. The second-order valence-electron chi connectivity index (χ2n) is 4.67. The highest BCUT2D eigenvalue weighted by Crippen LogP contribution is 2.23. The summed E-state index contributed by atoms with van der Waals surface area (Å²) in [4.78, 5) is 12.1. The van der Waals surface area contributed by atoms with Crippen LogP contribution in [0.5, 0.6) is 5.75 Å². The van der Waals surface area contributed by atoms with Gasteiger partial charge in [-0.3, -0.25) is 4.79 Å². The number of nitrogens with one attached hydrogen (secondary N) is 1. The van der Waals surface area contributed by atoms with Crippen molar-refractivity contribution >= 4 is 34.8 Å². The average Bonchev–Trinajstić information content (AvgIpc) is 2.40. The van der Waals surface area contributed by atoms with E-state index in [1.165, 1.54) is 0 Å². The second-order valence-corrected chi connectivity index (χ2v) is 5.55. The molecule has 1 amide bonds. The Kier molecular flexibility index (Phi) is 5.10. The predicted molar refractivity (Wildman–Crippen MR) is 86.4 cm³/mol. The lowest BCUT2D eigenvalue weighted by Crippen LogP contribution is -2.30. The first-order valence-electron chi connectivity index (χ1n) is 6.45. The molecule has 0 spiro atoms. The summed E-state index contributed by atoms with van der Waals surface area (Å²) < 4.78 is 5.66. The van der Waals surface area contributed by atoms with Crippen molar-refractivity contribution in [3.05, 3.63) is 58.1 Å². The van der Waals surface area contributed by atoms with Gasteiger partial charge in [-0.15, -0.1) is 0 Å². The number of amides is 1. The molecule has 0 bridgehead atoms. The number of aryl methyl sites for hydroxylation is 1. The van der Waals surface area contributed by atoms with Crippen LogP contribution in [0.4, 0.5) is 5.69 Å². The standard InChI is InChI=1S/C16H15Cl2NO2/c1-10-5-3-4-6-15(10)21-11(2)16(20)19-14-8-12(17)7-13(18)9-14/h3-9,11H,1-2H3,(H,19,20)/t11-/m0/s1. The summed E-state index contributed by atoms with van der Waals surface area (Å²) in [5, 5.41) is 3.66. The van der Waals surface area contributed by atoms with Crippen molar-refractivity contribution in [3.63, 3.8) is 0 Å². The molecule has 0 aliphatic rings. The summed E-state index contributed by atoms with van der Waals surface area (Å²) in [5.74, 6) is 0.417. The Balaban J connectivity index is 2.04. The van der Waals surface area contributed by atoms with Crippen molar-refractivity contribution in [1.29, 1.82) is 0 Å². The van der Waals surface area contributed by atoms with Gasteiger partial charge >= 0.3 is 0 Å². The van der Waals surface area contributed by atoms with Gasteiger partial charge in [0.05, 0.1) is 0 Å². The van der Waals surface area contributed by atoms with Gasteiger partial charge in [-0.2, -0.15) is 0 Å². The number of hydrogen-bond acceptors (Lipinski definition) is 2. The Labute approximate surface area is 133 Å². The van der Waals surface area contributed by atoms with Crippen LogP contribution in [0.1, 0.15) is 12.5 Å². The summed E-state index contributed by atoms with van der Waals surface area (Å²) in [6.45, 7) is 3.62. The van der Waals surface area contributed by atoms with Crippen molar-refractivity contribution in [2.75, 3.05) is 5.32 Å². The Morgan fingerprint density at radius 1 is 1.14 bits per heavy atom. The maximum Gasteiger partial charge on any atom is 0.265 e. The molecular weight excluding hydrogens is 309 g/mol. The average molecular weight is 324 g/mol. The third-order valence-corrected chi connectivity index (χ3v) is 3.33. The first-order valence-corrected chi connectivity index (χ1v) is 7.20. The Bertz CT molecular complexity index is 638. The van der Waals surface area contributed by atoms with Crippen LogP contribution in [0.15, 0.2) is 42.5 Å². The third-order valence-electron chi connectivity index (χ3n) is 2.90. The first kappa shape index (κ1) is 15.7. The molecule has 1 N–H and O–H groups in total. The van der Waals surface area contributed by atoms with E-state index in [1.807, 2.05) is 31.2 Å². The van der Waals surface area contributed by atoms with Crippen molar-refractivity contribution < 1.29 is 9.53 Å². The van der Waals surface area contributed by atoms with E-state index in [2.05, 4.69) is 5.32 Å². The van der Waals surface area contributed by atoms with Crippen LogP contribution in [-0.4, -0.2) is 12.0 Å². The summed E-state index contributed by atoms with van der Waals surface area (Å²) >= 11 is 11.8. The normalized spacial score (nSPS) is 11.8. The molecule has 0 unspecified atom stereocenters. The molecule has 0 aliphatic heterocycles. The van der Waals surface area contributed by atoms with Gasteiger partial charge in [-0.25, -0.2) is 0 Å². The van der Waals surface area contributed by atoms with Gasteiger partial charge in [-0.05, 0) is 43.7 Å². The van der Waals surface area contributed by atoms with Crippen LogP contribution in [0.3, 0.4) is 0 Å². The minimum atomic E-state index is -0.635. The SMILES string of the molecule is Cc1ccccc1O[C@@H](C)C(=O)Nc1cc(Cl)cc(Cl)c1. The molecule has 2 rings (SSSR count). The molecule has 2 aromatic rings. The second kappa shape index (κ2) is 6.83. The van der Waals surface area contributed by atoms with Crippen molar-refractivity contribution in [2.45, 2.75) is 20.0 Å². The Hall–Kier alpha value is -1.71.